The van der Waals surface area contributed by atoms with Crippen LogP contribution in [0.1, 0.15) is 37.6 Å². The molecule has 1 fully saturated rings. The van der Waals surface area contributed by atoms with Crippen LogP contribution in [0.5, 0.6) is 0 Å². The Labute approximate surface area is 196 Å². The highest BCUT2D eigenvalue weighted by atomic mass is 32.2. The van der Waals surface area contributed by atoms with Gasteiger partial charge in [0.2, 0.25) is 0 Å². The predicted molar refractivity (Wildman–Crippen MR) is 126 cm³/mol. The number of thiophene rings is 1. The highest BCUT2D eigenvalue weighted by molar-refractivity contribution is 7.92. The van der Waals surface area contributed by atoms with E-state index in [-0.39, 0.29) is 10.8 Å². The number of hydrogen-bond acceptors (Lipinski definition) is 9. The summed E-state index contributed by atoms with van der Waals surface area (Å²) < 4.78 is 30.6. The zero-order valence-electron chi connectivity index (χ0n) is 18.2. The van der Waals surface area contributed by atoms with Gasteiger partial charge in [0.1, 0.15) is 5.69 Å². The van der Waals surface area contributed by atoms with Gasteiger partial charge in [-0.05, 0) is 57.5 Å². The van der Waals surface area contributed by atoms with Gasteiger partial charge in [0.15, 0.2) is 9.84 Å². The second kappa shape index (κ2) is 8.77. The van der Waals surface area contributed by atoms with Crippen LogP contribution in [0.2, 0.25) is 0 Å². The third-order valence-electron chi connectivity index (χ3n) is 5.62. The van der Waals surface area contributed by atoms with E-state index >= 15 is 0 Å². The number of benzene rings is 1. The van der Waals surface area contributed by atoms with Crippen molar-refractivity contribution >= 4 is 21.2 Å². The topological polar surface area (TPSA) is 111 Å². The molecule has 1 N–H and O–H groups in total. The van der Waals surface area contributed by atoms with Crippen LogP contribution in [0.15, 0.2) is 58.1 Å². The lowest BCUT2D eigenvalue weighted by molar-refractivity contribution is 0.583. The summed E-state index contributed by atoms with van der Waals surface area (Å²) in [5.74, 6) is 0.738. The van der Waals surface area contributed by atoms with Crippen LogP contribution in [0.4, 0.5) is 0 Å². The first-order valence-electron chi connectivity index (χ1n) is 10.8. The number of rotatable bonds is 6. The van der Waals surface area contributed by atoms with E-state index in [4.69, 9.17) is 4.42 Å². The Kier molecular flexibility index (Phi) is 5.81. The summed E-state index contributed by atoms with van der Waals surface area (Å²) in [5, 5.41) is 11.4. The number of nitrogens with one attached hydrogen (secondary N) is 1. The minimum Gasteiger partial charge on any atom is -0.414 e. The second-order valence-corrected chi connectivity index (χ2v) is 11.8. The SMILES string of the molecule is CC(C)S(=O)(=O)c1ccc(-c2cncc(-c3nnc(-c4ccc(C5CCCN5)s4)o3)n2)cc1. The number of nitrogens with zero attached hydrogens (tertiary/aromatic N) is 4. The van der Waals surface area contributed by atoms with Gasteiger partial charge in [-0.25, -0.2) is 13.4 Å². The lowest BCUT2D eigenvalue weighted by Gasteiger charge is -2.08. The summed E-state index contributed by atoms with van der Waals surface area (Å²) in [6, 6.07) is 11.2. The highest BCUT2D eigenvalue weighted by Crippen LogP contribution is 2.35. The van der Waals surface area contributed by atoms with Crippen LogP contribution >= 0.6 is 11.3 Å². The van der Waals surface area contributed by atoms with Crippen LogP contribution in [-0.4, -0.2) is 40.4 Å². The summed E-state index contributed by atoms with van der Waals surface area (Å²) in [6.07, 6.45) is 5.52. The van der Waals surface area contributed by atoms with Crippen LogP contribution < -0.4 is 5.32 Å². The molecule has 0 bridgehead atoms. The van der Waals surface area contributed by atoms with E-state index in [0.29, 0.717) is 23.3 Å². The highest BCUT2D eigenvalue weighted by Gasteiger charge is 2.21. The zero-order valence-corrected chi connectivity index (χ0v) is 19.9. The molecule has 10 heteroatoms. The minimum absolute atomic E-state index is 0.285. The fourth-order valence-corrected chi connectivity index (χ4v) is 5.80. The smallest absolute Gasteiger partial charge is 0.268 e. The van der Waals surface area contributed by atoms with Crippen molar-refractivity contribution in [2.75, 3.05) is 6.54 Å². The van der Waals surface area contributed by atoms with Gasteiger partial charge in [0.25, 0.3) is 11.8 Å². The molecule has 33 heavy (non-hydrogen) atoms. The molecular weight excluding hydrogens is 458 g/mol. The molecular formula is C23H23N5O3S2. The molecule has 0 radical (unpaired) electrons. The maximum Gasteiger partial charge on any atom is 0.268 e. The van der Waals surface area contributed by atoms with E-state index < -0.39 is 15.1 Å². The third kappa shape index (κ3) is 4.33. The van der Waals surface area contributed by atoms with Crippen molar-refractivity contribution in [2.45, 2.75) is 42.9 Å². The summed E-state index contributed by atoms with van der Waals surface area (Å²) in [7, 11) is -3.33. The average molecular weight is 482 g/mol. The number of hydrogen-bond donors (Lipinski definition) is 1. The Balaban J connectivity index is 1.38. The third-order valence-corrected chi connectivity index (χ3v) is 8.98. The van der Waals surface area contributed by atoms with Crippen molar-refractivity contribution in [1.29, 1.82) is 0 Å². The molecule has 1 aliphatic heterocycles. The number of sulfone groups is 1. The van der Waals surface area contributed by atoms with Crippen LogP contribution in [0.3, 0.4) is 0 Å². The van der Waals surface area contributed by atoms with Crippen molar-refractivity contribution in [2.24, 2.45) is 0 Å². The largest absolute Gasteiger partial charge is 0.414 e. The quantitative estimate of drug-likeness (QED) is 0.428. The molecule has 170 valence electrons. The van der Waals surface area contributed by atoms with Crippen LogP contribution in [0, 0.1) is 0 Å². The standard InChI is InChI=1S/C23H23N5O3S2/c1-14(2)33(29,30)16-7-5-15(6-8-16)18-12-24-13-19(26-18)22-27-28-23(31-22)21-10-9-20(32-21)17-4-3-11-25-17/h5-10,12-14,17,25H,3-4,11H2,1-2H3. The zero-order chi connectivity index (χ0) is 23.0. The van der Waals surface area contributed by atoms with Crippen LogP contribution in [-0.2, 0) is 9.84 Å². The summed E-state index contributed by atoms with van der Waals surface area (Å²) in [4.78, 5) is 11.3. The molecule has 1 saturated heterocycles. The Morgan fingerprint density at radius 3 is 2.52 bits per heavy atom. The van der Waals surface area contributed by atoms with Gasteiger partial charge < -0.3 is 9.73 Å². The molecule has 8 nitrogen and oxygen atoms in total. The molecule has 1 aromatic carbocycles. The van der Waals surface area contributed by atoms with Crippen molar-refractivity contribution in [1.82, 2.24) is 25.5 Å². The Bertz CT molecular complexity index is 1370. The molecule has 0 spiro atoms. The molecule has 3 aromatic heterocycles. The minimum atomic E-state index is -3.33. The van der Waals surface area contributed by atoms with Crippen molar-refractivity contribution in [3.63, 3.8) is 0 Å². The van der Waals surface area contributed by atoms with Gasteiger partial charge in [0.05, 0.1) is 33.1 Å². The number of aromatic nitrogens is 4. The lowest BCUT2D eigenvalue weighted by atomic mass is 10.1. The Hall–Kier alpha value is -2.95. The predicted octanol–water partition coefficient (Wildman–Crippen LogP) is 4.53. The Morgan fingerprint density at radius 1 is 1.03 bits per heavy atom. The molecule has 0 amide bonds. The molecule has 0 aliphatic carbocycles. The van der Waals surface area contributed by atoms with Crippen molar-refractivity contribution in [3.8, 4) is 33.6 Å². The lowest BCUT2D eigenvalue weighted by Crippen LogP contribution is -2.13. The van der Waals surface area contributed by atoms with Gasteiger partial charge >= 0.3 is 0 Å². The van der Waals surface area contributed by atoms with E-state index in [1.807, 2.05) is 6.07 Å². The molecule has 5 rings (SSSR count). The molecule has 1 aliphatic rings. The van der Waals surface area contributed by atoms with E-state index in [9.17, 15) is 8.42 Å². The summed E-state index contributed by atoms with van der Waals surface area (Å²) in [6.45, 7) is 4.38. The molecule has 1 atom stereocenters. The van der Waals surface area contributed by atoms with E-state index in [2.05, 4.69) is 31.5 Å². The van der Waals surface area contributed by atoms with Gasteiger partial charge in [-0.1, -0.05) is 12.1 Å². The molecule has 0 saturated carbocycles. The van der Waals surface area contributed by atoms with Gasteiger partial charge in [0, 0.05) is 16.5 Å². The van der Waals surface area contributed by atoms with Gasteiger partial charge in [-0.3, -0.25) is 4.98 Å². The van der Waals surface area contributed by atoms with E-state index in [0.717, 1.165) is 23.4 Å². The average Bonchev–Trinajstić information content (AvgIpc) is 3.60. The monoisotopic (exact) mass is 481 g/mol. The van der Waals surface area contributed by atoms with Crippen molar-refractivity contribution in [3.05, 3.63) is 53.7 Å². The summed E-state index contributed by atoms with van der Waals surface area (Å²) >= 11 is 1.65. The maximum absolute atomic E-state index is 12.4. The first kappa shape index (κ1) is 21.9. The first-order valence-corrected chi connectivity index (χ1v) is 13.1. The van der Waals surface area contributed by atoms with E-state index in [1.54, 1.807) is 61.8 Å². The molecule has 1 unspecified atom stereocenters. The molecule has 4 aromatic rings. The Morgan fingerprint density at radius 2 is 1.79 bits per heavy atom. The van der Waals surface area contributed by atoms with E-state index in [1.165, 1.54) is 11.3 Å². The fraction of sp³-hybridized carbons (Fsp3) is 0.304. The molecule has 4 heterocycles. The normalized spacial score (nSPS) is 16.5. The first-order chi connectivity index (χ1) is 15.9. The van der Waals surface area contributed by atoms with Crippen molar-refractivity contribution < 1.29 is 12.8 Å². The summed E-state index contributed by atoms with van der Waals surface area (Å²) in [5.41, 5.74) is 1.80. The van der Waals surface area contributed by atoms with Crippen LogP contribution in [0.25, 0.3) is 33.6 Å². The second-order valence-electron chi connectivity index (χ2n) is 8.17. The van der Waals surface area contributed by atoms with Gasteiger partial charge in [-0.2, -0.15) is 0 Å². The maximum atomic E-state index is 12.4. The van der Waals surface area contributed by atoms with Gasteiger partial charge in [-0.15, -0.1) is 21.5 Å². The fourth-order valence-electron chi connectivity index (χ4n) is 3.70.